The van der Waals surface area contributed by atoms with Gasteiger partial charge in [-0.05, 0) is 86.1 Å². The number of nitrogens with one attached hydrogen (secondary N) is 2. The molecule has 36 heavy (non-hydrogen) atoms. The zero-order chi connectivity index (χ0) is 24.7. The van der Waals surface area contributed by atoms with Crippen molar-refractivity contribution in [3.05, 3.63) is 47.1 Å². The van der Waals surface area contributed by atoms with Gasteiger partial charge in [0.2, 0.25) is 0 Å². The molecule has 8 nitrogen and oxygen atoms in total. The Hall–Kier alpha value is -2.75. The summed E-state index contributed by atoms with van der Waals surface area (Å²) >= 11 is 1.56. The minimum atomic E-state index is -0.884. The molecule has 0 aromatic carbocycles. The fourth-order valence-electron chi connectivity index (χ4n) is 5.12. The number of likely N-dealkylation sites (tertiary alicyclic amines) is 1. The van der Waals surface area contributed by atoms with Gasteiger partial charge in [0.05, 0.1) is 10.8 Å². The van der Waals surface area contributed by atoms with Crippen molar-refractivity contribution in [2.45, 2.75) is 57.1 Å². The van der Waals surface area contributed by atoms with Crippen LogP contribution in [0.5, 0.6) is 0 Å². The molecule has 192 valence electrons. The summed E-state index contributed by atoms with van der Waals surface area (Å²) in [5.41, 5.74) is 2.49. The number of anilines is 2. The number of ether oxygens (including phenoxy) is 1. The van der Waals surface area contributed by atoms with Gasteiger partial charge in [-0.3, -0.25) is 0 Å². The summed E-state index contributed by atoms with van der Waals surface area (Å²) < 4.78 is 7.13. The number of carboxylic acids is 1. The van der Waals surface area contributed by atoms with Crippen molar-refractivity contribution in [2.24, 2.45) is 0 Å². The summed E-state index contributed by atoms with van der Waals surface area (Å²) in [5.74, 6) is 0.815. The predicted octanol–water partition coefficient (Wildman–Crippen LogP) is 4.42. The number of aliphatic carboxylic acids is 1. The molecule has 2 aliphatic heterocycles. The molecule has 1 fully saturated rings. The second-order valence-corrected chi connectivity index (χ2v) is 10.6. The van der Waals surface area contributed by atoms with Gasteiger partial charge in [0.1, 0.15) is 17.7 Å². The number of hydrogen-bond donors (Lipinski definition) is 3. The van der Waals surface area contributed by atoms with Gasteiger partial charge >= 0.3 is 5.97 Å². The van der Waals surface area contributed by atoms with E-state index < -0.39 is 12.0 Å². The normalized spacial score (nSPS) is 18.9. The van der Waals surface area contributed by atoms with Crippen LogP contribution in [0.1, 0.15) is 43.4 Å². The van der Waals surface area contributed by atoms with Crippen LogP contribution in [-0.4, -0.2) is 70.9 Å². The van der Waals surface area contributed by atoms with Crippen molar-refractivity contribution in [1.29, 1.82) is 0 Å². The van der Waals surface area contributed by atoms with Crippen LogP contribution in [0.3, 0.4) is 0 Å². The summed E-state index contributed by atoms with van der Waals surface area (Å²) in [4.78, 5) is 23.5. The van der Waals surface area contributed by atoms with Gasteiger partial charge in [-0.1, -0.05) is 6.07 Å². The van der Waals surface area contributed by atoms with E-state index in [2.05, 4.69) is 32.7 Å². The fourth-order valence-corrected chi connectivity index (χ4v) is 5.96. The van der Waals surface area contributed by atoms with Crippen molar-refractivity contribution < 1.29 is 14.6 Å². The van der Waals surface area contributed by atoms with Crippen LogP contribution in [0.15, 0.2) is 35.8 Å². The first-order valence-electron chi connectivity index (χ1n) is 13.0. The third kappa shape index (κ3) is 6.32. The lowest BCUT2D eigenvalue weighted by Gasteiger charge is -2.32. The van der Waals surface area contributed by atoms with Gasteiger partial charge in [0.15, 0.2) is 0 Å². The first-order valence-corrected chi connectivity index (χ1v) is 13.9. The Bertz CT molecular complexity index is 1170. The van der Waals surface area contributed by atoms with E-state index in [1.54, 1.807) is 17.5 Å². The topological polar surface area (TPSA) is 99.6 Å². The third-order valence-corrected chi connectivity index (χ3v) is 8.00. The van der Waals surface area contributed by atoms with Crippen molar-refractivity contribution in [3.8, 4) is 0 Å². The zero-order valence-corrected chi connectivity index (χ0v) is 21.4. The number of aromatic nitrogens is 2. The molecular weight excluding hydrogens is 474 g/mol. The summed E-state index contributed by atoms with van der Waals surface area (Å²) in [7, 11) is 0. The minimum Gasteiger partial charge on any atom is -0.480 e. The quantitative estimate of drug-likeness (QED) is 0.349. The molecule has 0 unspecified atom stereocenters. The molecule has 0 radical (unpaired) electrons. The molecule has 5 heterocycles. The largest absolute Gasteiger partial charge is 0.480 e. The standard InChI is InChI=1S/C27H35N5O3S/c33-27(34)23(31-26-24-19(9-13-29-26)11-17-36-24)10-16-35-22-6-3-15-32(18-22)14-2-5-21-8-7-20-4-1-12-28-25(20)30-21/h7-9,11,13,17,22-23H,1-6,10,12,14-16,18H2,(H,28,30)(H,29,31)(H,33,34)/t22-,23-/m1/s1. The Morgan fingerprint density at radius 1 is 1.31 bits per heavy atom. The summed E-state index contributed by atoms with van der Waals surface area (Å²) in [6, 6.07) is 7.62. The molecule has 0 aliphatic carbocycles. The van der Waals surface area contributed by atoms with Gasteiger partial charge in [0.25, 0.3) is 0 Å². The highest BCUT2D eigenvalue weighted by Gasteiger charge is 2.23. The van der Waals surface area contributed by atoms with Crippen LogP contribution in [0.2, 0.25) is 0 Å². The van der Waals surface area contributed by atoms with Crippen molar-refractivity contribution in [2.75, 3.05) is 43.4 Å². The van der Waals surface area contributed by atoms with Crippen LogP contribution >= 0.6 is 11.3 Å². The Balaban J connectivity index is 1.05. The number of carbonyl (C=O) groups is 1. The monoisotopic (exact) mass is 509 g/mol. The van der Waals surface area contributed by atoms with Gasteiger partial charge in [0, 0.05) is 38.0 Å². The fraction of sp³-hybridized carbons (Fsp3) is 0.519. The van der Waals surface area contributed by atoms with Gasteiger partial charge < -0.3 is 25.4 Å². The maximum Gasteiger partial charge on any atom is 0.326 e. The van der Waals surface area contributed by atoms with E-state index in [-0.39, 0.29) is 6.10 Å². The van der Waals surface area contributed by atoms with Gasteiger partial charge in [-0.2, -0.15) is 0 Å². The molecule has 9 heteroatoms. The third-order valence-electron chi connectivity index (χ3n) is 7.06. The van der Waals surface area contributed by atoms with Crippen LogP contribution in [0.4, 0.5) is 11.6 Å². The number of pyridine rings is 2. The molecule has 2 aliphatic rings. The van der Waals surface area contributed by atoms with Crippen LogP contribution in [0.25, 0.3) is 10.1 Å². The molecule has 3 aromatic rings. The second kappa shape index (κ2) is 12.0. The van der Waals surface area contributed by atoms with E-state index >= 15 is 0 Å². The van der Waals surface area contributed by atoms with Crippen molar-refractivity contribution >= 4 is 39.0 Å². The SMILES string of the molecule is O=C(O)[C@@H](CCO[C@@H]1CCCN(CCCc2ccc3c(n2)NCCC3)C1)Nc1nccc2ccsc12. The summed E-state index contributed by atoms with van der Waals surface area (Å²) in [6.45, 7) is 4.45. The first-order chi connectivity index (χ1) is 17.7. The molecule has 0 bridgehead atoms. The van der Waals surface area contributed by atoms with Gasteiger partial charge in [-0.25, -0.2) is 14.8 Å². The smallest absolute Gasteiger partial charge is 0.326 e. The Morgan fingerprint density at radius 2 is 2.25 bits per heavy atom. The molecular formula is C27H35N5O3S. The second-order valence-electron chi connectivity index (χ2n) is 9.70. The Labute approximate surface area is 216 Å². The van der Waals surface area contributed by atoms with Crippen LogP contribution in [-0.2, 0) is 22.4 Å². The summed E-state index contributed by atoms with van der Waals surface area (Å²) in [6.07, 6.45) is 8.75. The van der Waals surface area contributed by atoms with E-state index in [1.807, 2.05) is 17.5 Å². The maximum absolute atomic E-state index is 11.9. The van der Waals surface area contributed by atoms with Crippen molar-refractivity contribution in [1.82, 2.24) is 14.9 Å². The lowest BCUT2D eigenvalue weighted by molar-refractivity contribution is -0.138. The van der Waals surface area contributed by atoms with E-state index in [0.29, 0.717) is 18.8 Å². The molecule has 0 spiro atoms. The van der Waals surface area contributed by atoms with E-state index in [9.17, 15) is 9.90 Å². The highest BCUT2D eigenvalue weighted by atomic mass is 32.1. The minimum absolute atomic E-state index is 0.151. The number of hydrogen-bond acceptors (Lipinski definition) is 8. The first kappa shape index (κ1) is 24.9. The number of piperidine rings is 1. The molecule has 0 amide bonds. The molecule has 2 atom stereocenters. The lowest BCUT2D eigenvalue weighted by atomic mass is 10.1. The lowest BCUT2D eigenvalue weighted by Crippen LogP contribution is -2.41. The van der Waals surface area contributed by atoms with E-state index in [4.69, 9.17) is 9.72 Å². The number of fused-ring (bicyclic) bond motifs is 2. The summed E-state index contributed by atoms with van der Waals surface area (Å²) in [5, 5.41) is 19.3. The van der Waals surface area contributed by atoms with Crippen LogP contribution < -0.4 is 10.6 Å². The number of thiophene rings is 1. The molecule has 3 N–H and O–H groups in total. The molecule has 5 rings (SSSR count). The number of carboxylic acid groups (broad SMARTS) is 1. The number of aryl methyl sites for hydroxylation is 2. The van der Waals surface area contributed by atoms with Crippen molar-refractivity contribution in [3.63, 3.8) is 0 Å². The van der Waals surface area contributed by atoms with Crippen LogP contribution in [0, 0.1) is 0 Å². The zero-order valence-electron chi connectivity index (χ0n) is 20.6. The maximum atomic E-state index is 11.9. The Kier molecular flexibility index (Phi) is 8.30. The highest BCUT2D eigenvalue weighted by molar-refractivity contribution is 7.17. The highest BCUT2D eigenvalue weighted by Crippen LogP contribution is 2.27. The van der Waals surface area contributed by atoms with E-state index in [0.717, 1.165) is 79.9 Å². The molecule has 1 saturated heterocycles. The molecule has 0 saturated carbocycles. The Morgan fingerprint density at radius 3 is 3.17 bits per heavy atom. The predicted molar refractivity (Wildman–Crippen MR) is 144 cm³/mol. The average Bonchev–Trinajstić information content (AvgIpc) is 3.38. The molecule has 3 aromatic heterocycles. The van der Waals surface area contributed by atoms with E-state index in [1.165, 1.54) is 12.0 Å². The van der Waals surface area contributed by atoms with Gasteiger partial charge in [-0.15, -0.1) is 11.3 Å². The number of rotatable bonds is 11. The number of nitrogens with zero attached hydrogens (tertiary/aromatic N) is 3. The average molecular weight is 510 g/mol.